The standard InChI is InChI=1S/C17H19N3O3/c1-12(21)19-15(13-6-8-14(23-2)9-7-13)11-17(22)20-16-5-3-4-10-18-16/h3-10,15H,11H2,1-2H3,(H,19,21)(H,18,20,22). The number of anilines is 1. The van der Waals surface area contributed by atoms with Crippen molar-refractivity contribution in [1.29, 1.82) is 0 Å². The minimum Gasteiger partial charge on any atom is -0.497 e. The summed E-state index contributed by atoms with van der Waals surface area (Å²) in [4.78, 5) is 27.6. The molecule has 0 bridgehead atoms. The number of carbonyl (C=O) groups is 2. The van der Waals surface area contributed by atoms with Gasteiger partial charge in [-0.25, -0.2) is 4.98 Å². The number of nitrogens with zero attached hydrogens (tertiary/aromatic N) is 1. The normalized spacial score (nSPS) is 11.4. The van der Waals surface area contributed by atoms with Gasteiger partial charge in [-0.2, -0.15) is 0 Å². The number of hydrogen-bond donors (Lipinski definition) is 2. The zero-order valence-corrected chi connectivity index (χ0v) is 13.1. The molecule has 0 aliphatic heterocycles. The van der Waals surface area contributed by atoms with Gasteiger partial charge in [-0.15, -0.1) is 0 Å². The number of benzene rings is 1. The largest absolute Gasteiger partial charge is 0.497 e. The average molecular weight is 313 g/mol. The van der Waals surface area contributed by atoms with Gasteiger partial charge in [0.25, 0.3) is 0 Å². The van der Waals surface area contributed by atoms with Crippen molar-refractivity contribution in [3.05, 3.63) is 54.2 Å². The molecule has 0 radical (unpaired) electrons. The van der Waals surface area contributed by atoms with Crippen LogP contribution in [0, 0.1) is 0 Å². The number of aromatic nitrogens is 1. The molecule has 1 heterocycles. The zero-order valence-electron chi connectivity index (χ0n) is 13.1. The molecule has 120 valence electrons. The molecule has 0 spiro atoms. The van der Waals surface area contributed by atoms with Crippen LogP contribution >= 0.6 is 0 Å². The van der Waals surface area contributed by atoms with E-state index in [0.29, 0.717) is 11.6 Å². The Kier molecular flexibility index (Phi) is 5.68. The van der Waals surface area contributed by atoms with Crippen LogP contribution in [0.4, 0.5) is 5.82 Å². The molecule has 23 heavy (non-hydrogen) atoms. The van der Waals surface area contributed by atoms with Crippen molar-refractivity contribution in [2.75, 3.05) is 12.4 Å². The Hall–Kier alpha value is -2.89. The molecule has 1 aromatic carbocycles. The van der Waals surface area contributed by atoms with Crippen LogP contribution in [-0.2, 0) is 9.59 Å². The van der Waals surface area contributed by atoms with Crippen molar-refractivity contribution in [3.63, 3.8) is 0 Å². The van der Waals surface area contributed by atoms with E-state index in [9.17, 15) is 9.59 Å². The SMILES string of the molecule is COc1ccc(C(CC(=O)Nc2ccccn2)NC(C)=O)cc1. The lowest BCUT2D eigenvalue weighted by Gasteiger charge is -2.18. The highest BCUT2D eigenvalue weighted by Crippen LogP contribution is 2.21. The van der Waals surface area contributed by atoms with Gasteiger partial charge in [0.1, 0.15) is 11.6 Å². The summed E-state index contributed by atoms with van der Waals surface area (Å²) in [5.74, 6) is 0.775. The van der Waals surface area contributed by atoms with Crippen LogP contribution in [-0.4, -0.2) is 23.9 Å². The summed E-state index contributed by atoms with van der Waals surface area (Å²) in [6.45, 7) is 1.42. The number of hydrogen-bond acceptors (Lipinski definition) is 4. The third-order valence-electron chi connectivity index (χ3n) is 3.22. The minimum absolute atomic E-state index is 0.114. The van der Waals surface area contributed by atoms with Crippen molar-refractivity contribution >= 4 is 17.6 Å². The first-order chi connectivity index (χ1) is 11.1. The molecule has 6 nitrogen and oxygen atoms in total. The number of carbonyl (C=O) groups excluding carboxylic acids is 2. The fraction of sp³-hybridized carbons (Fsp3) is 0.235. The molecule has 0 aliphatic carbocycles. The van der Waals surface area contributed by atoms with Crippen LogP contribution < -0.4 is 15.4 Å². The highest BCUT2D eigenvalue weighted by molar-refractivity contribution is 5.90. The third-order valence-corrected chi connectivity index (χ3v) is 3.22. The summed E-state index contributed by atoms with van der Waals surface area (Å²) in [5, 5.41) is 5.50. The van der Waals surface area contributed by atoms with Gasteiger partial charge in [0.2, 0.25) is 11.8 Å². The Morgan fingerprint density at radius 3 is 2.48 bits per heavy atom. The average Bonchev–Trinajstić information content (AvgIpc) is 2.55. The topological polar surface area (TPSA) is 80.3 Å². The van der Waals surface area contributed by atoms with Crippen LogP contribution in [0.25, 0.3) is 0 Å². The van der Waals surface area contributed by atoms with Crippen molar-refractivity contribution in [2.24, 2.45) is 0 Å². The van der Waals surface area contributed by atoms with E-state index in [4.69, 9.17) is 4.74 Å². The third kappa shape index (κ3) is 5.10. The minimum atomic E-state index is -0.415. The predicted molar refractivity (Wildman–Crippen MR) is 87.0 cm³/mol. The molecule has 6 heteroatoms. The molecule has 2 aromatic rings. The second-order valence-corrected chi connectivity index (χ2v) is 4.99. The summed E-state index contributed by atoms with van der Waals surface area (Å²) >= 11 is 0. The predicted octanol–water partition coefficient (Wildman–Crippen LogP) is 2.30. The number of nitrogens with one attached hydrogen (secondary N) is 2. The van der Waals surface area contributed by atoms with E-state index in [1.807, 2.05) is 12.1 Å². The van der Waals surface area contributed by atoms with Crippen molar-refractivity contribution in [2.45, 2.75) is 19.4 Å². The van der Waals surface area contributed by atoms with Crippen LogP contribution in [0.1, 0.15) is 24.9 Å². The van der Waals surface area contributed by atoms with Crippen LogP contribution in [0.3, 0.4) is 0 Å². The summed E-state index contributed by atoms with van der Waals surface area (Å²) in [5.41, 5.74) is 0.831. The number of pyridine rings is 1. The van der Waals surface area contributed by atoms with E-state index in [0.717, 1.165) is 5.56 Å². The first-order valence-electron chi connectivity index (χ1n) is 7.20. The van der Waals surface area contributed by atoms with E-state index in [1.165, 1.54) is 6.92 Å². The fourth-order valence-electron chi connectivity index (χ4n) is 2.15. The molecule has 2 rings (SSSR count). The molecule has 0 fully saturated rings. The lowest BCUT2D eigenvalue weighted by Crippen LogP contribution is -2.29. The van der Waals surface area contributed by atoms with E-state index in [2.05, 4.69) is 15.6 Å². The van der Waals surface area contributed by atoms with E-state index in [1.54, 1.807) is 43.6 Å². The van der Waals surface area contributed by atoms with Gasteiger partial charge in [0.05, 0.1) is 19.6 Å². The van der Waals surface area contributed by atoms with Gasteiger partial charge in [-0.3, -0.25) is 9.59 Å². The first kappa shape index (κ1) is 16.5. The molecule has 1 atom stereocenters. The fourth-order valence-corrected chi connectivity index (χ4v) is 2.15. The molecule has 2 N–H and O–H groups in total. The smallest absolute Gasteiger partial charge is 0.227 e. The highest BCUT2D eigenvalue weighted by atomic mass is 16.5. The molecule has 1 unspecified atom stereocenters. The summed E-state index contributed by atoms with van der Waals surface area (Å²) < 4.78 is 5.12. The summed E-state index contributed by atoms with van der Waals surface area (Å²) in [6.07, 6.45) is 1.72. The Morgan fingerprint density at radius 2 is 1.91 bits per heavy atom. The molecule has 0 aliphatic rings. The second kappa shape index (κ2) is 7.93. The van der Waals surface area contributed by atoms with Crippen molar-refractivity contribution in [3.8, 4) is 5.75 Å². The van der Waals surface area contributed by atoms with Gasteiger partial charge in [0, 0.05) is 13.1 Å². The lowest BCUT2D eigenvalue weighted by molar-refractivity contribution is -0.120. The second-order valence-electron chi connectivity index (χ2n) is 4.99. The van der Waals surface area contributed by atoms with E-state index in [-0.39, 0.29) is 18.2 Å². The molecule has 0 saturated carbocycles. The maximum absolute atomic E-state index is 12.2. The number of amides is 2. The van der Waals surface area contributed by atoms with Gasteiger partial charge in [-0.1, -0.05) is 18.2 Å². The van der Waals surface area contributed by atoms with Gasteiger partial charge >= 0.3 is 0 Å². The summed E-state index contributed by atoms with van der Waals surface area (Å²) in [6, 6.07) is 12.1. The lowest BCUT2D eigenvalue weighted by atomic mass is 10.0. The number of rotatable bonds is 6. The maximum Gasteiger partial charge on any atom is 0.227 e. The van der Waals surface area contributed by atoms with Crippen molar-refractivity contribution in [1.82, 2.24) is 10.3 Å². The van der Waals surface area contributed by atoms with E-state index < -0.39 is 6.04 Å². The van der Waals surface area contributed by atoms with Crippen molar-refractivity contribution < 1.29 is 14.3 Å². The van der Waals surface area contributed by atoms with Crippen LogP contribution in [0.5, 0.6) is 5.75 Å². The Morgan fingerprint density at radius 1 is 1.17 bits per heavy atom. The maximum atomic E-state index is 12.2. The molecular weight excluding hydrogens is 294 g/mol. The summed E-state index contributed by atoms with van der Waals surface area (Å²) in [7, 11) is 1.58. The first-order valence-corrected chi connectivity index (χ1v) is 7.20. The Labute approximate surface area is 134 Å². The molecule has 0 saturated heterocycles. The van der Waals surface area contributed by atoms with Gasteiger partial charge < -0.3 is 15.4 Å². The molecule has 1 aromatic heterocycles. The molecule has 2 amide bonds. The van der Waals surface area contributed by atoms with Crippen LogP contribution in [0.15, 0.2) is 48.7 Å². The Bertz CT molecular complexity index is 657. The Balaban J connectivity index is 2.08. The van der Waals surface area contributed by atoms with Gasteiger partial charge in [0.15, 0.2) is 0 Å². The monoisotopic (exact) mass is 313 g/mol. The van der Waals surface area contributed by atoms with E-state index >= 15 is 0 Å². The number of ether oxygens (including phenoxy) is 1. The highest BCUT2D eigenvalue weighted by Gasteiger charge is 2.17. The van der Waals surface area contributed by atoms with Crippen LogP contribution in [0.2, 0.25) is 0 Å². The zero-order chi connectivity index (χ0) is 16.7. The molecular formula is C17H19N3O3. The quantitative estimate of drug-likeness (QED) is 0.857. The van der Waals surface area contributed by atoms with Gasteiger partial charge in [-0.05, 0) is 29.8 Å². The number of methoxy groups -OCH3 is 1.